The highest BCUT2D eigenvalue weighted by Gasteiger charge is 2.49. The van der Waals surface area contributed by atoms with E-state index in [9.17, 15) is 9.59 Å². The fourth-order valence-electron chi connectivity index (χ4n) is 2.82. The molecule has 0 atom stereocenters. The molecule has 2 heterocycles. The molecule has 1 saturated heterocycles. The Bertz CT molecular complexity index is 495. The Kier molecular flexibility index (Phi) is 3.22. The summed E-state index contributed by atoms with van der Waals surface area (Å²) in [5, 5.41) is 2.94. The van der Waals surface area contributed by atoms with Gasteiger partial charge in [0, 0.05) is 19.0 Å². The van der Waals surface area contributed by atoms with Crippen LogP contribution in [0.15, 0.2) is 4.99 Å². The van der Waals surface area contributed by atoms with Gasteiger partial charge in [-0.05, 0) is 46.5 Å². The Morgan fingerprint density at radius 3 is 2.48 bits per heavy atom. The molecule has 2 aliphatic heterocycles. The highest BCUT2D eigenvalue weighted by atomic mass is 16.6. The Morgan fingerprint density at radius 1 is 1.33 bits per heavy atom. The average Bonchev–Trinajstić information content (AvgIpc) is 3.16. The number of aliphatic imine (C=N–C) groups is 1. The summed E-state index contributed by atoms with van der Waals surface area (Å²) in [7, 11) is 0. The van der Waals surface area contributed by atoms with E-state index >= 15 is 0 Å². The first kappa shape index (κ1) is 14.4. The molecule has 1 spiro atoms. The molecular weight excluding hydrogens is 270 g/mol. The number of likely N-dealkylation sites (tertiary alicyclic amines) is 1. The molecule has 1 aliphatic carbocycles. The molecule has 0 radical (unpaired) electrons. The van der Waals surface area contributed by atoms with Crippen molar-refractivity contribution in [3.63, 3.8) is 0 Å². The van der Waals surface area contributed by atoms with Crippen LogP contribution in [0.2, 0.25) is 0 Å². The van der Waals surface area contributed by atoms with Crippen molar-refractivity contribution in [2.75, 3.05) is 13.1 Å². The van der Waals surface area contributed by atoms with Crippen molar-refractivity contribution in [1.29, 1.82) is 0 Å². The predicted octanol–water partition coefficient (Wildman–Crippen LogP) is 1.69. The summed E-state index contributed by atoms with van der Waals surface area (Å²) in [6, 6.07) is 0. The molecule has 0 aromatic heterocycles. The molecule has 0 bridgehead atoms. The maximum atomic E-state index is 12.2. The van der Waals surface area contributed by atoms with Crippen LogP contribution in [0.1, 0.15) is 46.5 Å². The van der Waals surface area contributed by atoms with Gasteiger partial charge in [0.05, 0.1) is 0 Å². The molecule has 6 nitrogen and oxygen atoms in total. The van der Waals surface area contributed by atoms with Gasteiger partial charge in [0.15, 0.2) is 0 Å². The van der Waals surface area contributed by atoms with Crippen molar-refractivity contribution < 1.29 is 14.3 Å². The van der Waals surface area contributed by atoms with Gasteiger partial charge in [-0.3, -0.25) is 9.79 Å². The van der Waals surface area contributed by atoms with Gasteiger partial charge >= 0.3 is 6.09 Å². The van der Waals surface area contributed by atoms with Crippen molar-refractivity contribution in [2.24, 2.45) is 10.9 Å². The predicted molar refractivity (Wildman–Crippen MR) is 78.1 cm³/mol. The maximum Gasteiger partial charge on any atom is 0.410 e. The van der Waals surface area contributed by atoms with Crippen LogP contribution in [0.4, 0.5) is 4.79 Å². The average molecular weight is 293 g/mol. The molecule has 3 aliphatic rings. The number of carbonyl (C=O) groups excluding carboxylic acids is 2. The third-order valence-corrected chi connectivity index (χ3v) is 4.21. The van der Waals surface area contributed by atoms with Crippen LogP contribution in [0.25, 0.3) is 0 Å². The molecule has 2 fully saturated rings. The van der Waals surface area contributed by atoms with Crippen molar-refractivity contribution >= 4 is 17.8 Å². The molecule has 0 aromatic rings. The highest BCUT2D eigenvalue weighted by molar-refractivity contribution is 6.09. The Morgan fingerprint density at radius 2 is 1.95 bits per heavy atom. The van der Waals surface area contributed by atoms with Gasteiger partial charge in [0.2, 0.25) is 0 Å². The number of ether oxygens (including phenoxy) is 1. The van der Waals surface area contributed by atoms with E-state index in [0.29, 0.717) is 31.8 Å². The second-order valence-corrected chi connectivity index (χ2v) is 7.22. The monoisotopic (exact) mass is 293 g/mol. The first-order valence-electron chi connectivity index (χ1n) is 7.68. The van der Waals surface area contributed by atoms with Gasteiger partial charge in [-0.25, -0.2) is 4.79 Å². The summed E-state index contributed by atoms with van der Waals surface area (Å²) in [6.07, 6.45) is 3.10. The Balaban J connectivity index is 1.62. The second-order valence-electron chi connectivity index (χ2n) is 7.22. The van der Waals surface area contributed by atoms with Gasteiger partial charge in [0.1, 0.15) is 17.0 Å². The third-order valence-electron chi connectivity index (χ3n) is 4.21. The zero-order chi connectivity index (χ0) is 15.3. The number of nitrogens with zero attached hydrogens (tertiary/aromatic N) is 2. The molecule has 21 heavy (non-hydrogen) atoms. The molecule has 1 N–H and O–H groups in total. The molecule has 116 valence electrons. The molecule has 1 saturated carbocycles. The van der Waals surface area contributed by atoms with E-state index in [1.807, 2.05) is 20.8 Å². The summed E-state index contributed by atoms with van der Waals surface area (Å²) in [4.78, 5) is 30.6. The van der Waals surface area contributed by atoms with E-state index in [1.165, 1.54) is 0 Å². The summed E-state index contributed by atoms with van der Waals surface area (Å²) >= 11 is 0. The number of amides is 2. The number of hydrogen-bond acceptors (Lipinski definition) is 4. The van der Waals surface area contributed by atoms with E-state index in [4.69, 9.17) is 4.74 Å². The number of piperidine rings is 1. The lowest BCUT2D eigenvalue weighted by atomic mass is 9.88. The minimum absolute atomic E-state index is 0.00763. The summed E-state index contributed by atoms with van der Waals surface area (Å²) in [5.74, 6) is 1.33. The smallest absolute Gasteiger partial charge is 0.410 e. The van der Waals surface area contributed by atoms with Gasteiger partial charge in [0.25, 0.3) is 5.91 Å². The molecule has 0 unspecified atom stereocenters. The molecule has 0 aromatic carbocycles. The van der Waals surface area contributed by atoms with Gasteiger partial charge in [-0.1, -0.05) is 0 Å². The number of nitrogens with one attached hydrogen (secondary N) is 1. The van der Waals surface area contributed by atoms with Crippen molar-refractivity contribution in [2.45, 2.75) is 57.6 Å². The minimum atomic E-state index is -0.642. The van der Waals surface area contributed by atoms with E-state index < -0.39 is 11.1 Å². The van der Waals surface area contributed by atoms with Crippen LogP contribution in [0.3, 0.4) is 0 Å². The Labute approximate surface area is 124 Å². The van der Waals surface area contributed by atoms with Gasteiger partial charge < -0.3 is 15.0 Å². The van der Waals surface area contributed by atoms with Crippen LogP contribution in [-0.2, 0) is 9.53 Å². The van der Waals surface area contributed by atoms with Crippen LogP contribution in [0, 0.1) is 5.92 Å². The maximum absolute atomic E-state index is 12.2. The first-order chi connectivity index (χ1) is 9.79. The van der Waals surface area contributed by atoms with Crippen molar-refractivity contribution in [3.8, 4) is 0 Å². The fraction of sp³-hybridized carbons (Fsp3) is 0.800. The number of carbonyl (C=O) groups is 2. The van der Waals surface area contributed by atoms with E-state index in [2.05, 4.69) is 10.3 Å². The largest absolute Gasteiger partial charge is 0.444 e. The lowest BCUT2D eigenvalue weighted by Gasteiger charge is -2.36. The van der Waals surface area contributed by atoms with E-state index in [1.54, 1.807) is 4.90 Å². The zero-order valence-electron chi connectivity index (χ0n) is 12.9. The normalized spacial score (nSPS) is 24.8. The van der Waals surface area contributed by atoms with Crippen LogP contribution >= 0.6 is 0 Å². The molecule has 2 amide bonds. The first-order valence-corrected chi connectivity index (χ1v) is 7.68. The van der Waals surface area contributed by atoms with Crippen LogP contribution < -0.4 is 5.32 Å². The third kappa shape index (κ3) is 2.89. The summed E-state index contributed by atoms with van der Waals surface area (Å²) in [5.41, 5.74) is -1.13. The van der Waals surface area contributed by atoms with Crippen molar-refractivity contribution in [1.82, 2.24) is 10.2 Å². The quantitative estimate of drug-likeness (QED) is 0.800. The van der Waals surface area contributed by atoms with Crippen molar-refractivity contribution in [3.05, 3.63) is 0 Å². The zero-order valence-corrected chi connectivity index (χ0v) is 12.9. The van der Waals surface area contributed by atoms with E-state index in [-0.39, 0.29) is 12.0 Å². The van der Waals surface area contributed by atoms with E-state index in [0.717, 1.165) is 18.7 Å². The molecule has 6 heteroatoms. The SMILES string of the molecule is CC(C)(C)OC(=O)N1CCC2(CC1)N=C(C1CC1)NC2=O. The lowest BCUT2D eigenvalue weighted by molar-refractivity contribution is -0.125. The summed E-state index contributed by atoms with van der Waals surface area (Å²) < 4.78 is 5.38. The topological polar surface area (TPSA) is 71.0 Å². The van der Waals surface area contributed by atoms with Gasteiger partial charge in [-0.2, -0.15) is 0 Å². The highest BCUT2D eigenvalue weighted by Crippen LogP contribution is 2.37. The number of rotatable bonds is 1. The number of hydrogen-bond donors (Lipinski definition) is 1. The minimum Gasteiger partial charge on any atom is -0.444 e. The molecule has 3 rings (SSSR count). The Hall–Kier alpha value is -1.59. The summed E-state index contributed by atoms with van der Waals surface area (Å²) in [6.45, 7) is 6.60. The number of amidine groups is 1. The van der Waals surface area contributed by atoms with Gasteiger partial charge in [-0.15, -0.1) is 0 Å². The standard InChI is InChI=1S/C15H23N3O3/c1-14(2,3)21-13(20)18-8-6-15(7-9-18)12(19)16-11(17-15)10-4-5-10/h10H,4-9H2,1-3H3,(H,16,17,19). The fourth-order valence-corrected chi connectivity index (χ4v) is 2.82. The van der Waals surface area contributed by atoms with Crippen LogP contribution in [0.5, 0.6) is 0 Å². The molecular formula is C15H23N3O3. The van der Waals surface area contributed by atoms with Crippen LogP contribution in [-0.4, -0.2) is 47.0 Å². The second kappa shape index (κ2) is 4.71. The lowest BCUT2D eigenvalue weighted by Crippen LogP contribution is -2.51.